The van der Waals surface area contributed by atoms with Crippen LogP contribution in [0.4, 0.5) is 0 Å². The molecule has 0 bridgehead atoms. The zero-order chi connectivity index (χ0) is 12.4. The molecule has 0 aliphatic heterocycles. The van der Waals surface area contributed by atoms with Crippen molar-refractivity contribution >= 4 is 15.9 Å². The SMILES string of the molecule is COc1c(Br)cc2c(c1C(N)CO)CCCC2. The van der Waals surface area contributed by atoms with Gasteiger partial charge in [0.05, 0.1) is 24.2 Å². The lowest BCUT2D eigenvalue weighted by atomic mass is 9.85. The molecule has 17 heavy (non-hydrogen) atoms. The fourth-order valence-corrected chi connectivity index (χ4v) is 3.22. The summed E-state index contributed by atoms with van der Waals surface area (Å²) < 4.78 is 6.36. The number of halogens is 1. The van der Waals surface area contributed by atoms with E-state index >= 15 is 0 Å². The van der Waals surface area contributed by atoms with Crippen LogP contribution in [0.1, 0.15) is 35.6 Å². The normalized spacial score (nSPS) is 16.5. The predicted molar refractivity (Wildman–Crippen MR) is 71.4 cm³/mol. The Morgan fingerprint density at radius 3 is 2.82 bits per heavy atom. The lowest BCUT2D eigenvalue weighted by Crippen LogP contribution is -2.20. The van der Waals surface area contributed by atoms with Crippen LogP contribution in [0.25, 0.3) is 0 Å². The standard InChI is InChI=1S/C13H18BrNO2/c1-17-13-10(14)6-8-4-2-3-5-9(8)12(13)11(15)7-16/h6,11,16H,2-5,7,15H2,1H3. The molecule has 0 saturated heterocycles. The molecule has 1 aromatic carbocycles. The summed E-state index contributed by atoms with van der Waals surface area (Å²) in [5.74, 6) is 0.771. The lowest BCUT2D eigenvalue weighted by Gasteiger charge is -2.25. The van der Waals surface area contributed by atoms with Crippen molar-refractivity contribution in [2.24, 2.45) is 5.73 Å². The quantitative estimate of drug-likeness (QED) is 0.901. The van der Waals surface area contributed by atoms with Gasteiger partial charge < -0.3 is 15.6 Å². The van der Waals surface area contributed by atoms with Crippen LogP contribution >= 0.6 is 15.9 Å². The van der Waals surface area contributed by atoms with E-state index in [-0.39, 0.29) is 12.6 Å². The van der Waals surface area contributed by atoms with Crippen molar-refractivity contribution in [1.29, 1.82) is 0 Å². The van der Waals surface area contributed by atoms with Gasteiger partial charge in [0.1, 0.15) is 5.75 Å². The van der Waals surface area contributed by atoms with Gasteiger partial charge >= 0.3 is 0 Å². The van der Waals surface area contributed by atoms with Crippen molar-refractivity contribution in [1.82, 2.24) is 0 Å². The molecule has 0 spiro atoms. The number of aliphatic hydroxyl groups is 1. The molecular weight excluding hydrogens is 282 g/mol. The Morgan fingerprint density at radius 1 is 1.47 bits per heavy atom. The molecule has 1 aromatic rings. The summed E-state index contributed by atoms with van der Waals surface area (Å²) in [4.78, 5) is 0. The number of hydrogen-bond donors (Lipinski definition) is 2. The number of aliphatic hydroxyl groups excluding tert-OH is 1. The van der Waals surface area contributed by atoms with Crippen LogP contribution in [0.15, 0.2) is 10.5 Å². The van der Waals surface area contributed by atoms with Gasteiger partial charge in [-0.05, 0) is 58.8 Å². The minimum Gasteiger partial charge on any atom is -0.495 e. The van der Waals surface area contributed by atoms with Gasteiger partial charge in [-0.15, -0.1) is 0 Å². The minimum atomic E-state index is -0.366. The number of ether oxygens (including phenoxy) is 1. The lowest BCUT2D eigenvalue weighted by molar-refractivity contribution is 0.263. The average molecular weight is 300 g/mol. The summed E-state index contributed by atoms with van der Waals surface area (Å²) in [6.45, 7) is -0.0563. The van der Waals surface area contributed by atoms with E-state index in [1.54, 1.807) is 7.11 Å². The number of rotatable bonds is 3. The fourth-order valence-electron chi connectivity index (χ4n) is 2.57. The van der Waals surface area contributed by atoms with Gasteiger partial charge in [0, 0.05) is 5.56 Å². The largest absolute Gasteiger partial charge is 0.495 e. The third kappa shape index (κ3) is 2.34. The molecule has 0 fully saturated rings. The van der Waals surface area contributed by atoms with E-state index in [4.69, 9.17) is 10.5 Å². The van der Waals surface area contributed by atoms with Gasteiger partial charge in [-0.25, -0.2) is 0 Å². The number of benzene rings is 1. The van der Waals surface area contributed by atoms with E-state index in [0.29, 0.717) is 0 Å². The Bertz CT molecular complexity index is 420. The van der Waals surface area contributed by atoms with Crippen LogP contribution in [0, 0.1) is 0 Å². The summed E-state index contributed by atoms with van der Waals surface area (Å²) >= 11 is 3.52. The van der Waals surface area contributed by atoms with Gasteiger partial charge in [-0.3, -0.25) is 0 Å². The van der Waals surface area contributed by atoms with Crippen molar-refractivity contribution in [3.8, 4) is 5.75 Å². The van der Waals surface area contributed by atoms with E-state index in [9.17, 15) is 5.11 Å². The van der Waals surface area contributed by atoms with Crippen molar-refractivity contribution < 1.29 is 9.84 Å². The highest BCUT2D eigenvalue weighted by molar-refractivity contribution is 9.10. The Balaban J connectivity index is 2.61. The maximum Gasteiger partial charge on any atom is 0.138 e. The Morgan fingerprint density at radius 2 is 2.18 bits per heavy atom. The monoisotopic (exact) mass is 299 g/mol. The Labute approximate surface area is 110 Å². The van der Waals surface area contributed by atoms with E-state index in [0.717, 1.165) is 28.6 Å². The third-order valence-electron chi connectivity index (χ3n) is 3.37. The highest BCUT2D eigenvalue weighted by Crippen LogP contribution is 2.39. The second-order valence-electron chi connectivity index (χ2n) is 4.44. The van der Waals surface area contributed by atoms with E-state index < -0.39 is 0 Å². The van der Waals surface area contributed by atoms with Crippen LogP contribution in [0.5, 0.6) is 5.75 Å². The molecule has 2 rings (SSSR count). The molecular formula is C13H18BrNO2. The van der Waals surface area contributed by atoms with E-state index in [1.165, 1.54) is 24.0 Å². The van der Waals surface area contributed by atoms with Gasteiger partial charge in [0.15, 0.2) is 0 Å². The van der Waals surface area contributed by atoms with Crippen molar-refractivity contribution in [2.45, 2.75) is 31.7 Å². The van der Waals surface area contributed by atoms with Crippen molar-refractivity contribution in [3.63, 3.8) is 0 Å². The van der Waals surface area contributed by atoms with Gasteiger partial charge in [-0.1, -0.05) is 0 Å². The topological polar surface area (TPSA) is 55.5 Å². The van der Waals surface area contributed by atoms with E-state index in [1.807, 2.05) is 0 Å². The molecule has 0 amide bonds. The number of fused-ring (bicyclic) bond motifs is 1. The number of nitrogens with two attached hydrogens (primary N) is 1. The number of aryl methyl sites for hydroxylation is 1. The first kappa shape index (κ1) is 12.9. The Kier molecular flexibility index (Phi) is 4.07. The molecule has 0 saturated carbocycles. The first-order chi connectivity index (χ1) is 8.19. The highest BCUT2D eigenvalue weighted by atomic mass is 79.9. The van der Waals surface area contributed by atoms with Gasteiger partial charge in [0.25, 0.3) is 0 Å². The summed E-state index contributed by atoms with van der Waals surface area (Å²) in [5, 5.41) is 9.30. The third-order valence-corrected chi connectivity index (χ3v) is 3.96. The molecule has 1 unspecified atom stereocenters. The smallest absolute Gasteiger partial charge is 0.138 e. The maximum absolute atomic E-state index is 9.30. The van der Waals surface area contributed by atoms with Crippen molar-refractivity contribution in [2.75, 3.05) is 13.7 Å². The zero-order valence-electron chi connectivity index (χ0n) is 10.0. The number of hydrogen-bond acceptors (Lipinski definition) is 3. The second-order valence-corrected chi connectivity index (χ2v) is 5.29. The summed E-state index contributed by atoms with van der Waals surface area (Å²) in [6.07, 6.45) is 4.52. The molecule has 1 aliphatic rings. The molecule has 1 atom stereocenters. The molecule has 1 aliphatic carbocycles. The molecule has 0 heterocycles. The number of methoxy groups -OCH3 is 1. The second kappa shape index (κ2) is 5.38. The predicted octanol–water partition coefficient (Wildman–Crippen LogP) is 2.33. The van der Waals surface area contributed by atoms with E-state index in [2.05, 4.69) is 22.0 Å². The molecule has 4 heteroatoms. The summed E-state index contributed by atoms with van der Waals surface area (Å²) in [5.41, 5.74) is 9.60. The first-order valence-corrected chi connectivity index (χ1v) is 6.73. The summed E-state index contributed by atoms with van der Waals surface area (Å²) in [7, 11) is 1.64. The molecule has 3 nitrogen and oxygen atoms in total. The Hall–Kier alpha value is -0.580. The molecule has 0 radical (unpaired) electrons. The van der Waals surface area contributed by atoms with Crippen LogP contribution in [0.3, 0.4) is 0 Å². The van der Waals surface area contributed by atoms with Crippen molar-refractivity contribution in [3.05, 3.63) is 27.2 Å². The highest BCUT2D eigenvalue weighted by Gasteiger charge is 2.23. The van der Waals surface area contributed by atoms with Crippen LogP contribution in [0.2, 0.25) is 0 Å². The van der Waals surface area contributed by atoms with Gasteiger partial charge in [0.2, 0.25) is 0 Å². The maximum atomic E-state index is 9.30. The fraction of sp³-hybridized carbons (Fsp3) is 0.538. The van der Waals surface area contributed by atoms with Crippen LogP contribution in [-0.4, -0.2) is 18.8 Å². The molecule has 94 valence electrons. The first-order valence-electron chi connectivity index (χ1n) is 5.93. The van der Waals surface area contributed by atoms with Gasteiger partial charge in [-0.2, -0.15) is 0 Å². The molecule has 0 aromatic heterocycles. The molecule has 3 N–H and O–H groups in total. The van der Waals surface area contributed by atoms with Crippen LogP contribution in [-0.2, 0) is 12.8 Å². The summed E-state index contributed by atoms with van der Waals surface area (Å²) in [6, 6.07) is 1.76. The minimum absolute atomic E-state index is 0.0563. The average Bonchev–Trinajstić information content (AvgIpc) is 2.36. The van der Waals surface area contributed by atoms with Crippen LogP contribution < -0.4 is 10.5 Å². The zero-order valence-corrected chi connectivity index (χ0v) is 11.6.